The Morgan fingerprint density at radius 1 is 1.12 bits per heavy atom. The van der Waals surface area contributed by atoms with E-state index in [-0.39, 0.29) is 12.5 Å². The Labute approximate surface area is 193 Å². The van der Waals surface area contributed by atoms with E-state index in [4.69, 9.17) is 4.42 Å². The standard InChI is InChI=1S/C28H28N2O3/c1-19(24-9-4-7-20-6-2-3-8-25(20)24)29-22-13-14-30(18-22)23-11-12-26(27-10-5-15-33-27)21(16-23)17-28(31)32/h2-12,15-16,19,22,29H,13-14,17-18H2,1H3,(H,31,32)/t19-,22+/m1/s1. The maximum absolute atomic E-state index is 11.5. The lowest BCUT2D eigenvalue weighted by atomic mass is 9.99. The molecule has 5 rings (SSSR count). The van der Waals surface area contributed by atoms with E-state index in [1.807, 2.05) is 24.3 Å². The van der Waals surface area contributed by atoms with Gasteiger partial charge in [-0.15, -0.1) is 0 Å². The largest absolute Gasteiger partial charge is 0.481 e. The first-order valence-electron chi connectivity index (χ1n) is 11.5. The fraction of sp³-hybridized carbons (Fsp3) is 0.250. The zero-order valence-electron chi connectivity index (χ0n) is 18.7. The van der Waals surface area contributed by atoms with Gasteiger partial charge < -0.3 is 19.7 Å². The zero-order chi connectivity index (χ0) is 22.8. The lowest BCUT2D eigenvalue weighted by Gasteiger charge is -2.23. The van der Waals surface area contributed by atoms with Gasteiger partial charge in [0.2, 0.25) is 0 Å². The van der Waals surface area contributed by atoms with Gasteiger partial charge in [-0.05, 0) is 65.6 Å². The molecule has 2 N–H and O–H groups in total. The van der Waals surface area contributed by atoms with Crippen molar-refractivity contribution in [2.75, 3.05) is 18.0 Å². The van der Waals surface area contributed by atoms with Crippen molar-refractivity contribution in [3.05, 3.63) is 90.2 Å². The van der Waals surface area contributed by atoms with Crippen LogP contribution in [0.25, 0.3) is 22.1 Å². The molecule has 33 heavy (non-hydrogen) atoms. The van der Waals surface area contributed by atoms with E-state index in [1.165, 1.54) is 16.3 Å². The third-order valence-corrected chi connectivity index (χ3v) is 6.55. The number of rotatable bonds is 7. The molecule has 5 heteroatoms. The summed E-state index contributed by atoms with van der Waals surface area (Å²) >= 11 is 0. The summed E-state index contributed by atoms with van der Waals surface area (Å²) < 4.78 is 5.52. The van der Waals surface area contributed by atoms with Crippen LogP contribution < -0.4 is 10.2 Å². The molecule has 1 fully saturated rings. The van der Waals surface area contributed by atoms with Gasteiger partial charge in [-0.2, -0.15) is 0 Å². The van der Waals surface area contributed by atoms with Gasteiger partial charge in [0.25, 0.3) is 0 Å². The van der Waals surface area contributed by atoms with Gasteiger partial charge in [-0.1, -0.05) is 42.5 Å². The number of aliphatic carboxylic acids is 1. The molecule has 0 saturated carbocycles. The molecule has 5 nitrogen and oxygen atoms in total. The summed E-state index contributed by atoms with van der Waals surface area (Å²) in [5.74, 6) is -0.146. The molecule has 3 aromatic carbocycles. The van der Waals surface area contributed by atoms with E-state index in [9.17, 15) is 9.90 Å². The molecule has 2 heterocycles. The van der Waals surface area contributed by atoms with Gasteiger partial charge in [0.05, 0.1) is 12.7 Å². The van der Waals surface area contributed by atoms with Crippen molar-refractivity contribution in [3.63, 3.8) is 0 Å². The number of hydrogen-bond donors (Lipinski definition) is 2. The van der Waals surface area contributed by atoms with Gasteiger partial charge in [0.15, 0.2) is 0 Å². The second kappa shape index (κ2) is 9.12. The Bertz CT molecular complexity index is 1260. The van der Waals surface area contributed by atoms with Crippen molar-refractivity contribution < 1.29 is 14.3 Å². The average Bonchev–Trinajstić information content (AvgIpc) is 3.51. The highest BCUT2D eigenvalue weighted by Crippen LogP contribution is 2.31. The zero-order valence-corrected chi connectivity index (χ0v) is 18.7. The molecule has 2 atom stereocenters. The van der Waals surface area contributed by atoms with Crippen LogP contribution in [0.15, 0.2) is 83.5 Å². The lowest BCUT2D eigenvalue weighted by molar-refractivity contribution is -0.136. The van der Waals surface area contributed by atoms with Crippen LogP contribution >= 0.6 is 0 Å². The Hall–Kier alpha value is -3.57. The highest BCUT2D eigenvalue weighted by Gasteiger charge is 2.25. The molecule has 1 aromatic heterocycles. The second-order valence-corrected chi connectivity index (χ2v) is 8.78. The smallest absolute Gasteiger partial charge is 0.307 e. The van der Waals surface area contributed by atoms with Crippen LogP contribution in [0.4, 0.5) is 5.69 Å². The molecule has 168 valence electrons. The second-order valence-electron chi connectivity index (χ2n) is 8.78. The summed E-state index contributed by atoms with van der Waals surface area (Å²) in [7, 11) is 0. The lowest BCUT2D eigenvalue weighted by Crippen LogP contribution is -2.34. The molecular formula is C28H28N2O3. The predicted molar refractivity (Wildman–Crippen MR) is 132 cm³/mol. The Balaban J connectivity index is 1.32. The minimum Gasteiger partial charge on any atom is -0.481 e. The SMILES string of the molecule is C[C@@H](N[C@H]1CCN(c2ccc(-c3ccco3)c(CC(=O)O)c2)C1)c1cccc2ccccc12. The number of anilines is 1. The molecule has 0 bridgehead atoms. The summed E-state index contributed by atoms with van der Waals surface area (Å²) in [6.45, 7) is 4.06. The third-order valence-electron chi connectivity index (χ3n) is 6.55. The van der Waals surface area contributed by atoms with Crippen molar-refractivity contribution >= 4 is 22.4 Å². The number of benzene rings is 3. The van der Waals surface area contributed by atoms with E-state index in [0.29, 0.717) is 11.8 Å². The van der Waals surface area contributed by atoms with Crippen LogP contribution in [0, 0.1) is 0 Å². The van der Waals surface area contributed by atoms with Crippen LogP contribution in [-0.4, -0.2) is 30.2 Å². The summed E-state index contributed by atoms with van der Waals surface area (Å²) in [5, 5.41) is 15.8. The van der Waals surface area contributed by atoms with E-state index >= 15 is 0 Å². The molecule has 1 aliphatic rings. The molecule has 0 aliphatic carbocycles. The van der Waals surface area contributed by atoms with Crippen LogP contribution in [-0.2, 0) is 11.2 Å². The monoisotopic (exact) mass is 440 g/mol. The first kappa shape index (κ1) is 21.3. The molecule has 1 saturated heterocycles. The highest BCUT2D eigenvalue weighted by molar-refractivity contribution is 5.86. The Morgan fingerprint density at radius 3 is 2.79 bits per heavy atom. The van der Waals surface area contributed by atoms with E-state index < -0.39 is 5.97 Å². The van der Waals surface area contributed by atoms with E-state index in [2.05, 4.69) is 65.7 Å². The van der Waals surface area contributed by atoms with Gasteiger partial charge >= 0.3 is 5.97 Å². The molecule has 0 spiro atoms. The van der Waals surface area contributed by atoms with Crippen molar-refractivity contribution in [1.29, 1.82) is 0 Å². The summed E-state index contributed by atoms with van der Waals surface area (Å²) in [6, 6.07) is 25.4. The topological polar surface area (TPSA) is 65.7 Å². The van der Waals surface area contributed by atoms with E-state index in [1.54, 1.807) is 6.26 Å². The fourth-order valence-electron chi connectivity index (χ4n) is 4.96. The quantitative estimate of drug-likeness (QED) is 0.388. The number of fused-ring (bicyclic) bond motifs is 1. The Morgan fingerprint density at radius 2 is 1.97 bits per heavy atom. The summed E-state index contributed by atoms with van der Waals surface area (Å²) in [4.78, 5) is 13.8. The first-order chi connectivity index (χ1) is 16.1. The minimum atomic E-state index is -0.843. The predicted octanol–water partition coefficient (Wildman–Crippen LogP) is 5.66. The third kappa shape index (κ3) is 4.50. The number of nitrogens with one attached hydrogen (secondary N) is 1. The molecule has 0 radical (unpaired) electrons. The van der Waals surface area contributed by atoms with Gasteiger partial charge in [0, 0.05) is 36.4 Å². The van der Waals surface area contributed by atoms with Crippen molar-refractivity contribution in [2.45, 2.75) is 31.8 Å². The normalized spacial score (nSPS) is 16.9. The van der Waals surface area contributed by atoms with Crippen LogP contribution in [0.5, 0.6) is 0 Å². The molecular weight excluding hydrogens is 412 g/mol. The first-order valence-corrected chi connectivity index (χ1v) is 11.5. The van der Waals surface area contributed by atoms with E-state index in [0.717, 1.165) is 36.3 Å². The number of furan rings is 1. The van der Waals surface area contributed by atoms with Crippen molar-refractivity contribution in [1.82, 2.24) is 5.32 Å². The number of nitrogens with zero attached hydrogens (tertiary/aromatic N) is 1. The molecule has 4 aromatic rings. The maximum atomic E-state index is 11.5. The number of carboxylic acid groups (broad SMARTS) is 1. The maximum Gasteiger partial charge on any atom is 0.307 e. The van der Waals surface area contributed by atoms with Crippen molar-refractivity contribution in [2.24, 2.45) is 0 Å². The molecule has 0 unspecified atom stereocenters. The minimum absolute atomic E-state index is 0.0303. The van der Waals surface area contributed by atoms with Gasteiger partial charge in [-0.25, -0.2) is 0 Å². The van der Waals surface area contributed by atoms with Crippen molar-refractivity contribution in [3.8, 4) is 11.3 Å². The number of hydrogen-bond acceptors (Lipinski definition) is 4. The van der Waals surface area contributed by atoms with Crippen LogP contribution in [0.3, 0.4) is 0 Å². The summed E-state index contributed by atoms with van der Waals surface area (Å²) in [6.07, 6.45) is 2.63. The fourth-order valence-corrected chi connectivity index (χ4v) is 4.96. The van der Waals surface area contributed by atoms with Gasteiger partial charge in [0.1, 0.15) is 5.76 Å². The summed E-state index contributed by atoms with van der Waals surface area (Å²) in [5.41, 5.74) is 3.99. The highest BCUT2D eigenvalue weighted by atomic mass is 16.4. The average molecular weight is 441 g/mol. The molecule has 0 amide bonds. The van der Waals surface area contributed by atoms with Crippen LogP contribution in [0.1, 0.15) is 30.5 Å². The number of carbonyl (C=O) groups is 1. The Kier molecular flexibility index (Phi) is 5.88. The number of carboxylic acids is 1. The molecule has 1 aliphatic heterocycles. The van der Waals surface area contributed by atoms with Gasteiger partial charge in [-0.3, -0.25) is 4.79 Å². The van der Waals surface area contributed by atoms with Crippen LogP contribution in [0.2, 0.25) is 0 Å².